The van der Waals surface area contributed by atoms with E-state index >= 15 is 0 Å². The van der Waals surface area contributed by atoms with E-state index in [1.54, 1.807) is 13.2 Å². The normalized spacial score (nSPS) is 24.5. The average Bonchev–Trinajstić information content (AvgIpc) is 2.93. The average molecular weight is 560 g/mol. The fourth-order valence-electron chi connectivity index (χ4n) is 5.47. The van der Waals surface area contributed by atoms with Gasteiger partial charge in [0.05, 0.1) is 18.4 Å². The molecule has 8 heteroatoms. The van der Waals surface area contributed by atoms with Gasteiger partial charge in [-0.3, -0.25) is 4.79 Å². The molecule has 2 heterocycles. The molecule has 0 radical (unpaired) electrons. The number of hydrogen-bond donors (Lipinski definition) is 0. The number of benzene rings is 2. The van der Waals surface area contributed by atoms with Crippen molar-refractivity contribution in [3.8, 4) is 5.75 Å². The number of carbonyl (C=O) groups is 1. The fraction of sp³-hybridized carbons (Fsp3) is 0.567. The zero-order valence-electron chi connectivity index (χ0n) is 22.8. The van der Waals surface area contributed by atoms with Crippen molar-refractivity contribution in [3.05, 3.63) is 58.1 Å². The Morgan fingerprint density at radius 3 is 2.71 bits per heavy atom. The summed E-state index contributed by atoms with van der Waals surface area (Å²) in [6.45, 7) is 6.57. The number of hydrogen-bond acceptors (Lipinski definition) is 6. The summed E-state index contributed by atoms with van der Waals surface area (Å²) in [5.74, 6) is 1.35. The van der Waals surface area contributed by atoms with E-state index in [0.717, 1.165) is 68.0 Å². The first-order chi connectivity index (χ1) is 18.4. The van der Waals surface area contributed by atoms with Gasteiger partial charge in [-0.15, -0.1) is 0 Å². The van der Waals surface area contributed by atoms with Gasteiger partial charge in [-0.05, 0) is 79.0 Å². The number of halogens is 1. The molecule has 0 N–H and O–H groups in total. The summed E-state index contributed by atoms with van der Waals surface area (Å²) in [7, 11) is 0.264. The minimum Gasteiger partial charge on any atom is -0.491 e. The highest BCUT2D eigenvalue weighted by Crippen LogP contribution is 2.35. The van der Waals surface area contributed by atoms with Crippen LogP contribution >= 0.6 is 11.6 Å². The van der Waals surface area contributed by atoms with Crippen LogP contribution in [0.15, 0.2) is 40.8 Å². The van der Waals surface area contributed by atoms with E-state index in [4.69, 9.17) is 21.1 Å². The second kappa shape index (κ2) is 13.8. The highest BCUT2D eigenvalue weighted by molar-refractivity contribution is 7.75. The minimum atomic E-state index is -1.54. The van der Waals surface area contributed by atoms with Crippen LogP contribution in [0.2, 0.25) is 5.02 Å². The van der Waals surface area contributed by atoms with Crippen molar-refractivity contribution in [2.24, 2.45) is 16.2 Å². The molecular formula is C30H40ClN2O4S-. The maximum atomic E-state index is 13.0. The Balaban J connectivity index is 1.81. The monoisotopic (exact) mass is 559 g/mol. The number of amides is 1. The van der Waals surface area contributed by atoms with Crippen molar-refractivity contribution in [2.75, 3.05) is 30.9 Å². The molecule has 38 heavy (non-hydrogen) atoms. The highest BCUT2D eigenvalue weighted by atomic mass is 35.5. The van der Waals surface area contributed by atoms with E-state index in [1.807, 2.05) is 18.2 Å². The third-order valence-corrected chi connectivity index (χ3v) is 9.20. The van der Waals surface area contributed by atoms with Crippen LogP contribution in [-0.4, -0.2) is 38.0 Å². The summed E-state index contributed by atoms with van der Waals surface area (Å²) >= 11 is 6.39. The van der Waals surface area contributed by atoms with Gasteiger partial charge in [0.25, 0.3) is 5.91 Å². The Bertz CT molecular complexity index is 1200. The quantitative estimate of drug-likeness (QED) is 0.345. The number of methoxy groups -OCH3 is 1. The molecule has 2 aromatic carbocycles. The van der Waals surface area contributed by atoms with Gasteiger partial charge in [-0.2, -0.15) is 10.6 Å². The van der Waals surface area contributed by atoms with Gasteiger partial charge in [0.2, 0.25) is 0 Å². The van der Waals surface area contributed by atoms with Crippen LogP contribution in [0.3, 0.4) is 0 Å². The summed E-state index contributed by atoms with van der Waals surface area (Å²) in [5, 5.41) is 0.746. The fourth-order valence-corrected chi connectivity index (χ4v) is 6.50. The second-order valence-electron chi connectivity index (χ2n) is 10.7. The third kappa shape index (κ3) is 7.51. The number of anilines is 1. The van der Waals surface area contributed by atoms with E-state index in [9.17, 15) is 9.00 Å². The Morgan fingerprint density at radius 2 is 1.89 bits per heavy atom. The minimum absolute atomic E-state index is 0.145. The Morgan fingerprint density at radius 1 is 1.05 bits per heavy atom. The van der Waals surface area contributed by atoms with E-state index in [1.165, 1.54) is 11.1 Å². The van der Waals surface area contributed by atoms with Crippen LogP contribution in [0.1, 0.15) is 73.9 Å². The first-order valence-corrected chi connectivity index (χ1v) is 15.5. The molecule has 2 aromatic rings. The SMILES string of the molecule is COC1CCCCC[S-](=O)=NC(=O)c2ccc3c(c2)N(Cc2ccc(Cl)cc2CCCCO3)CC(C)C1C. The van der Waals surface area contributed by atoms with Crippen LogP contribution < -0.4 is 9.64 Å². The lowest BCUT2D eigenvalue weighted by molar-refractivity contribution is 0.0309. The summed E-state index contributed by atoms with van der Waals surface area (Å²) < 4.78 is 28.8. The maximum absolute atomic E-state index is 13.0. The molecule has 0 fully saturated rings. The molecule has 2 bridgehead atoms. The van der Waals surface area contributed by atoms with Gasteiger partial charge < -0.3 is 22.9 Å². The van der Waals surface area contributed by atoms with Crippen LogP contribution in [0.5, 0.6) is 5.75 Å². The topological polar surface area (TPSA) is 68.2 Å². The smallest absolute Gasteiger partial charge is 0.254 e. The van der Waals surface area contributed by atoms with Crippen molar-refractivity contribution in [2.45, 2.75) is 71.4 Å². The van der Waals surface area contributed by atoms with Crippen molar-refractivity contribution in [1.82, 2.24) is 0 Å². The molecule has 0 aliphatic carbocycles. The van der Waals surface area contributed by atoms with Gasteiger partial charge in [-0.1, -0.05) is 56.5 Å². The molecule has 2 aliphatic heterocycles. The zero-order valence-corrected chi connectivity index (χ0v) is 24.4. The number of ether oxygens (including phenoxy) is 2. The summed E-state index contributed by atoms with van der Waals surface area (Å²) in [4.78, 5) is 15.3. The van der Waals surface area contributed by atoms with Gasteiger partial charge in [0.1, 0.15) is 5.75 Å². The molecule has 1 amide bonds. The van der Waals surface area contributed by atoms with Gasteiger partial charge in [-0.25, -0.2) is 0 Å². The zero-order chi connectivity index (χ0) is 27.1. The van der Waals surface area contributed by atoms with Crippen molar-refractivity contribution < 1.29 is 18.5 Å². The van der Waals surface area contributed by atoms with Gasteiger partial charge in [0.15, 0.2) is 0 Å². The van der Waals surface area contributed by atoms with Gasteiger partial charge >= 0.3 is 0 Å². The van der Waals surface area contributed by atoms with Crippen LogP contribution in [0.4, 0.5) is 5.69 Å². The molecule has 6 nitrogen and oxygen atoms in total. The van der Waals surface area contributed by atoms with E-state index in [-0.39, 0.29) is 6.10 Å². The van der Waals surface area contributed by atoms with E-state index in [0.29, 0.717) is 36.3 Å². The largest absolute Gasteiger partial charge is 0.491 e. The first-order valence-electron chi connectivity index (χ1n) is 13.8. The number of nitrogens with zero attached hydrogens (tertiary/aromatic N) is 2. The molecule has 4 rings (SSSR count). The standard InChI is InChI=1S/C30H40ClN2O4S/c1-21-19-33-20-25-11-13-26(31)17-23(25)9-6-7-15-37-29-14-12-24(18-27(29)33)30(34)32-38(35)16-8-4-5-10-28(36-3)22(21)2/h11-14,17-18,21-22,28H,4-10,15-16,19-20H2,1-3H3/q-1. The maximum Gasteiger partial charge on any atom is 0.254 e. The predicted octanol–water partition coefficient (Wildman–Crippen LogP) is 7.21. The number of carbonyl (C=O) groups excluding carboxylic acids is 1. The third-order valence-electron chi connectivity index (χ3n) is 7.96. The lowest BCUT2D eigenvalue weighted by atomic mass is 9.87. The number of aryl methyl sites for hydroxylation is 1. The summed E-state index contributed by atoms with van der Waals surface area (Å²) in [6, 6.07) is 11.6. The molecule has 2 aliphatic rings. The number of fused-ring (bicyclic) bond motifs is 2. The van der Waals surface area contributed by atoms with Crippen LogP contribution in [-0.2, 0) is 32.5 Å². The second-order valence-corrected chi connectivity index (χ2v) is 12.3. The van der Waals surface area contributed by atoms with E-state index < -0.39 is 16.5 Å². The number of rotatable bonds is 1. The van der Waals surface area contributed by atoms with Crippen molar-refractivity contribution in [3.63, 3.8) is 0 Å². The van der Waals surface area contributed by atoms with Crippen LogP contribution in [0.25, 0.3) is 0 Å². The van der Waals surface area contributed by atoms with Gasteiger partial charge in [0, 0.05) is 30.8 Å². The molecule has 0 saturated heterocycles. The molecule has 3 unspecified atom stereocenters. The molecule has 0 spiro atoms. The molecular weight excluding hydrogens is 520 g/mol. The Labute approximate surface area is 234 Å². The van der Waals surface area contributed by atoms with Crippen molar-refractivity contribution in [1.29, 1.82) is 0 Å². The Hall–Kier alpha value is -2.09. The Kier molecular flexibility index (Phi) is 10.5. The molecule has 3 atom stereocenters. The van der Waals surface area contributed by atoms with Crippen LogP contribution in [0, 0.1) is 11.8 Å². The van der Waals surface area contributed by atoms with Crippen molar-refractivity contribution >= 4 is 33.8 Å². The molecule has 0 aromatic heterocycles. The molecule has 208 valence electrons. The lowest BCUT2D eigenvalue weighted by Crippen LogP contribution is -2.35. The summed E-state index contributed by atoms with van der Waals surface area (Å²) in [6.07, 6.45) is 6.68. The lowest BCUT2D eigenvalue weighted by Gasteiger charge is -2.35. The predicted molar refractivity (Wildman–Crippen MR) is 155 cm³/mol. The molecule has 0 saturated carbocycles. The highest BCUT2D eigenvalue weighted by Gasteiger charge is 2.27. The van der Waals surface area contributed by atoms with E-state index in [2.05, 4.69) is 35.2 Å². The summed E-state index contributed by atoms with van der Waals surface area (Å²) in [5.41, 5.74) is 3.77. The first kappa shape index (κ1) is 28.9.